The first-order valence-corrected chi connectivity index (χ1v) is 13.7. The average Bonchev–Trinajstić information content (AvgIpc) is 2.96. The van der Waals surface area contributed by atoms with Gasteiger partial charge >= 0.3 is 0 Å². The third-order valence-electron chi connectivity index (χ3n) is 7.35. The number of hydrogen-bond acceptors (Lipinski definition) is 6. The van der Waals surface area contributed by atoms with Gasteiger partial charge in [0.1, 0.15) is 5.00 Å². The van der Waals surface area contributed by atoms with Crippen LogP contribution in [0, 0.1) is 21.4 Å². The molecule has 1 saturated heterocycles. The molecular formula is C27H36N4O4S. The highest BCUT2D eigenvalue weighted by atomic mass is 32.1. The van der Waals surface area contributed by atoms with E-state index in [1.807, 2.05) is 0 Å². The van der Waals surface area contributed by atoms with E-state index in [1.54, 1.807) is 12.1 Å². The van der Waals surface area contributed by atoms with Crippen molar-refractivity contribution in [3.63, 3.8) is 0 Å². The van der Waals surface area contributed by atoms with Crippen molar-refractivity contribution in [2.75, 3.05) is 30.3 Å². The Balaban J connectivity index is 1.59. The van der Waals surface area contributed by atoms with Crippen molar-refractivity contribution in [3.05, 3.63) is 50.4 Å². The van der Waals surface area contributed by atoms with Crippen molar-refractivity contribution >= 4 is 39.5 Å². The van der Waals surface area contributed by atoms with Gasteiger partial charge in [-0.05, 0) is 68.2 Å². The molecule has 194 valence electrons. The number of non-ortho nitro benzene ring substituents is 1. The lowest BCUT2D eigenvalue weighted by Gasteiger charge is -2.33. The minimum absolute atomic E-state index is 0.0841. The fourth-order valence-electron chi connectivity index (χ4n) is 5.21. The minimum atomic E-state index is -0.483. The highest BCUT2D eigenvalue weighted by Gasteiger charge is 2.34. The molecule has 1 fully saturated rings. The van der Waals surface area contributed by atoms with Crippen LogP contribution in [0.1, 0.15) is 73.7 Å². The normalized spacial score (nSPS) is 18.7. The predicted octanol–water partition coefficient (Wildman–Crippen LogP) is 5.87. The number of carbonyl (C=O) groups is 2. The van der Waals surface area contributed by atoms with E-state index in [2.05, 4.69) is 36.3 Å². The molecule has 0 unspecified atom stereocenters. The largest absolute Gasteiger partial charge is 0.322 e. The molecule has 36 heavy (non-hydrogen) atoms. The number of hydrogen-bond donors (Lipinski definition) is 2. The van der Waals surface area contributed by atoms with Gasteiger partial charge in [0.2, 0.25) is 5.91 Å². The number of nitro benzene ring substituents is 1. The maximum Gasteiger partial charge on any atom is 0.271 e. The molecule has 2 amide bonds. The summed E-state index contributed by atoms with van der Waals surface area (Å²) in [5, 5.41) is 17.6. The zero-order chi connectivity index (χ0) is 25.9. The SMILES string of the molecule is CC(C)(C)[C@@H]1CCc2c(sc(NC(=O)CN3CCCCCC3)c2C(=O)Nc2cccc([N+](=O)[O-])c2)C1. The Hall–Kier alpha value is -2.78. The van der Waals surface area contributed by atoms with Crippen LogP contribution < -0.4 is 10.6 Å². The molecule has 0 spiro atoms. The van der Waals surface area contributed by atoms with Gasteiger partial charge in [-0.15, -0.1) is 11.3 Å². The molecular weight excluding hydrogens is 476 g/mol. The first-order valence-electron chi connectivity index (χ1n) is 12.8. The monoisotopic (exact) mass is 512 g/mol. The van der Waals surface area contributed by atoms with Crippen LogP contribution in [0.15, 0.2) is 24.3 Å². The van der Waals surface area contributed by atoms with Crippen molar-refractivity contribution in [2.45, 2.75) is 65.7 Å². The van der Waals surface area contributed by atoms with E-state index >= 15 is 0 Å². The lowest BCUT2D eigenvalue weighted by molar-refractivity contribution is -0.384. The Morgan fingerprint density at radius 3 is 2.53 bits per heavy atom. The summed E-state index contributed by atoms with van der Waals surface area (Å²) in [7, 11) is 0. The fraction of sp³-hybridized carbons (Fsp3) is 0.556. The molecule has 2 aliphatic rings. The van der Waals surface area contributed by atoms with Crippen LogP contribution in [0.4, 0.5) is 16.4 Å². The summed E-state index contributed by atoms with van der Waals surface area (Å²) in [6, 6.07) is 5.93. The summed E-state index contributed by atoms with van der Waals surface area (Å²) >= 11 is 1.50. The summed E-state index contributed by atoms with van der Waals surface area (Å²) < 4.78 is 0. The molecule has 2 heterocycles. The van der Waals surface area contributed by atoms with E-state index in [0.717, 1.165) is 55.6 Å². The Morgan fingerprint density at radius 1 is 1.14 bits per heavy atom. The zero-order valence-corrected chi connectivity index (χ0v) is 22.2. The van der Waals surface area contributed by atoms with Crippen LogP contribution in [0.25, 0.3) is 0 Å². The van der Waals surface area contributed by atoms with Gasteiger partial charge in [-0.3, -0.25) is 24.6 Å². The van der Waals surface area contributed by atoms with E-state index in [-0.39, 0.29) is 22.9 Å². The highest BCUT2D eigenvalue weighted by Crippen LogP contribution is 2.44. The molecule has 4 rings (SSSR count). The van der Waals surface area contributed by atoms with E-state index in [1.165, 1.54) is 36.3 Å². The van der Waals surface area contributed by atoms with Gasteiger partial charge in [0, 0.05) is 22.7 Å². The standard InChI is InChI=1S/C27H36N4O4S/c1-27(2,3)18-11-12-21-22(15-18)36-26(29-23(32)17-30-13-6-4-5-7-14-30)24(21)25(33)28-19-9-8-10-20(16-19)31(34)35/h8-10,16,18H,4-7,11-15,17H2,1-3H3,(H,28,33)(H,29,32)/t18-/m1/s1. The Morgan fingerprint density at radius 2 is 1.86 bits per heavy atom. The van der Waals surface area contributed by atoms with Gasteiger partial charge in [-0.25, -0.2) is 0 Å². The summed E-state index contributed by atoms with van der Waals surface area (Å²) in [4.78, 5) is 40.6. The number of anilines is 2. The predicted molar refractivity (Wildman–Crippen MR) is 144 cm³/mol. The maximum atomic E-state index is 13.5. The Bertz CT molecular complexity index is 1130. The first kappa shape index (κ1) is 26.3. The number of benzene rings is 1. The number of likely N-dealkylation sites (tertiary alicyclic amines) is 1. The molecule has 8 nitrogen and oxygen atoms in total. The van der Waals surface area contributed by atoms with Crippen LogP contribution in [-0.4, -0.2) is 41.3 Å². The molecule has 1 aliphatic heterocycles. The quantitative estimate of drug-likeness (QED) is 0.372. The van der Waals surface area contributed by atoms with Crippen LogP contribution in [0.5, 0.6) is 0 Å². The summed E-state index contributed by atoms with van der Waals surface area (Å²) in [6.07, 6.45) is 7.23. The number of carbonyl (C=O) groups excluding carboxylic acids is 2. The first-order chi connectivity index (χ1) is 17.1. The van der Waals surface area contributed by atoms with Gasteiger partial charge in [0.15, 0.2) is 0 Å². The number of rotatable bonds is 6. The lowest BCUT2D eigenvalue weighted by atomic mass is 9.72. The second-order valence-corrected chi connectivity index (χ2v) is 12.1. The molecule has 1 aliphatic carbocycles. The molecule has 1 atom stereocenters. The minimum Gasteiger partial charge on any atom is -0.322 e. The smallest absolute Gasteiger partial charge is 0.271 e. The second-order valence-electron chi connectivity index (χ2n) is 11.0. The van der Waals surface area contributed by atoms with E-state index in [9.17, 15) is 19.7 Å². The Kier molecular flexibility index (Phi) is 8.10. The average molecular weight is 513 g/mol. The van der Waals surface area contributed by atoms with Crippen molar-refractivity contribution < 1.29 is 14.5 Å². The number of nitrogens with one attached hydrogen (secondary N) is 2. The molecule has 9 heteroatoms. The summed E-state index contributed by atoms with van der Waals surface area (Å²) in [6.45, 7) is 8.89. The van der Waals surface area contributed by atoms with Crippen molar-refractivity contribution in [1.29, 1.82) is 0 Å². The van der Waals surface area contributed by atoms with Crippen LogP contribution >= 0.6 is 11.3 Å². The zero-order valence-electron chi connectivity index (χ0n) is 21.4. The van der Waals surface area contributed by atoms with E-state index < -0.39 is 4.92 Å². The van der Waals surface area contributed by atoms with Gasteiger partial charge in [0.05, 0.1) is 17.0 Å². The molecule has 2 aromatic rings. The Labute approximate surface area is 216 Å². The van der Waals surface area contributed by atoms with Gasteiger partial charge in [0.25, 0.3) is 11.6 Å². The second kappa shape index (κ2) is 11.1. The molecule has 0 saturated carbocycles. The maximum absolute atomic E-state index is 13.5. The van der Waals surface area contributed by atoms with Crippen LogP contribution in [0.3, 0.4) is 0 Å². The van der Waals surface area contributed by atoms with E-state index in [0.29, 0.717) is 28.7 Å². The van der Waals surface area contributed by atoms with Crippen LogP contribution in [0.2, 0.25) is 0 Å². The lowest BCUT2D eigenvalue weighted by Crippen LogP contribution is -2.34. The van der Waals surface area contributed by atoms with Gasteiger partial charge < -0.3 is 10.6 Å². The van der Waals surface area contributed by atoms with Crippen molar-refractivity contribution in [2.24, 2.45) is 11.3 Å². The number of amides is 2. The third kappa shape index (κ3) is 6.31. The fourth-order valence-corrected chi connectivity index (χ4v) is 6.55. The topological polar surface area (TPSA) is 105 Å². The van der Waals surface area contributed by atoms with Crippen molar-refractivity contribution in [3.8, 4) is 0 Å². The highest BCUT2D eigenvalue weighted by molar-refractivity contribution is 7.17. The molecule has 0 bridgehead atoms. The summed E-state index contributed by atoms with van der Waals surface area (Å²) in [5.41, 5.74) is 1.92. The molecule has 1 aromatic carbocycles. The number of thiophene rings is 1. The van der Waals surface area contributed by atoms with Crippen LogP contribution in [-0.2, 0) is 17.6 Å². The molecule has 1 aromatic heterocycles. The molecule has 2 N–H and O–H groups in total. The van der Waals surface area contributed by atoms with E-state index in [4.69, 9.17) is 0 Å². The van der Waals surface area contributed by atoms with Gasteiger partial charge in [-0.1, -0.05) is 39.7 Å². The third-order valence-corrected chi connectivity index (χ3v) is 8.52. The van der Waals surface area contributed by atoms with Gasteiger partial charge in [-0.2, -0.15) is 0 Å². The number of fused-ring (bicyclic) bond motifs is 1. The molecule has 0 radical (unpaired) electrons. The van der Waals surface area contributed by atoms with Crippen molar-refractivity contribution in [1.82, 2.24) is 4.90 Å². The number of nitro groups is 1. The number of nitrogens with zero attached hydrogens (tertiary/aromatic N) is 2. The summed E-state index contributed by atoms with van der Waals surface area (Å²) in [5.74, 6) is 0.0523.